The van der Waals surface area contributed by atoms with Gasteiger partial charge in [-0.1, -0.05) is 0 Å². The van der Waals surface area contributed by atoms with Crippen LogP contribution < -0.4 is 15.8 Å². The summed E-state index contributed by atoms with van der Waals surface area (Å²) in [6, 6.07) is 6.47. The smallest absolute Gasteiger partial charge is 0.263 e. The van der Waals surface area contributed by atoms with Gasteiger partial charge in [-0.25, -0.2) is 13.4 Å². The predicted molar refractivity (Wildman–Crippen MR) is 76.9 cm³/mol. The average Bonchev–Trinajstić information content (AvgIpc) is 2.89. The van der Waals surface area contributed by atoms with Gasteiger partial charge >= 0.3 is 0 Å². The molecule has 6 nitrogen and oxygen atoms in total. The molecule has 0 saturated carbocycles. The summed E-state index contributed by atoms with van der Waals surface area (Å²) >= 11 is 1.23. The van der Waals surface area contributed by atoms with Crippen LogP contribution in [0.25, 0.3) is 0 Å². The van der Waals surface area contributed by atoms with Crippen LogP contribution in [0.5, 0.6) is 0 Å². The third-order valence-corrected chi connectivity index (χ3v) is 4.46. The van der Waals surface area contributed by atoms with Gasteiger partial charge in [0.25, 0.3) is 10.0 Å². The van der Waals surface area contributed by atoms with E-state index in [0.717, 1.165) is 5.69 Å². The number of thiazole rings is 1. The Balaban J connectivity index is 2.12. The normalized spacial score (nSPS) is 11.2. The summed E-state index contributed by atoms with van der Waals surface area (Å²) in [5.41, 5.74) is 6.21. The van der Waals surface area contributed by atoms with Crippen LogP contribution in [0, 0.1) is 0 Å². The SMILES string of the molecule is NCCNc1ccc(S(=O)(=O)Nc2nccs2)cc1. The Morgan fingerprint density at radius 3 is 2.58 bits per heavy atom. The maximum absolute atomic E-state index is 12.0. The maximum atomic E-state index is 12.0. The lowest BCUT2D eigenvalue weighted by molar-refractivity contribution is 0.601. The molecule has 0 fully saturated rings. The van der Waals surface area contributed by atoms with Gasteiger partial charge in [-0.15, -0.1) is 11.3 Å². The van der Waals surface area contributed by atoms with Gasteiger partial charge in [0.05, 0.1) is 4.90 Å². The molecule has 0 amide bonds. The zero-order chi connectivity index (χ0) is 13.7. The Kier molecular flexibility index (Phi) is 4.35. The second-order valence-corrected chi connectivity index (χ2v) is 6.26. The number of anilines is 2. The maximum Gasteiger partial charge on any atom is 0.263 e. The summed E-state index contributed by atoms with van der Waals surface area (Å²) in [5, 5.41) is 5.13. The molecule has 2 aromatic rings. The van der Waals surface area contributed by atoms with Crippen molar-refractivity contribution in [3.05, 3.63) is 35.8 Å². The highest BCUT2D eigenvalue weighted by Crippen LogP contribution is 2.19. The number of sulfonamides is 1. The summed E-state index contributed by atoms with van der Waals surface area (Å²) < 4.78 is 26.5. The van der Waals surface area contributed by atoms with Gasteiger partial charge < -0.3 is 11.1 Å². The molecule has 0 aliphatic heterocycles. The fourth-order valence-corrected chi connectivity index (χ4v) is 3.20. The molecule has 0 saturated heterocycles. The molecular weight excluding hydrogens is 284 g/mol. The van der Waals surface area contributed by atoms with Gasteiger partial charge in [-0.2, -0.15) is 0 Å². The fraction of sp³-hybridized carbons (Fsp3) is 0.182. The molecule has 0 aliphatic carbocycles. The Labute approximate surface area is 115 Å². The van der Waals surface area contributed by atoms with Crippen molar-refractivity contribution in [1.29, 1.82) is 0 Å². The average molecular weight is 298 g/mol. The minimum atomic E-state index is -3.58. The largest absolute Gasteiger partial charge is 0.384 e. The molecular formula is C11H14N4O2S2. The molecule has 0 bridgehead atoms. The third-order valence-electron chi connectivity index (χ3n) is 2.29. The monoisotopic (exact) mass is 298 g/mol. The van der Waals surface area contributed by atoms with E-state index in [1.165, 1.54) is 23.5 Å². The standard InChI is InChI=1S/C11H14N4O2S2/c12-5-6-13-9-1-3-10(4-2-9)19(16,17)15-11-14-7-8-18-11/h1-4,7-8,13H,5-6,12H2,(H,14,15). The minimum absolute atomic E-state index is 0.195. The van der Waals surface area contributed by atoms with Crippen LogP contribution in [-0.2, 0) is 10.0 Å². The van der Waals surface area contributed by atoms with Crippen molar-refractivity contribution in [3.8, 4) is 0 Å². The molecule has 0 spiro atoms. The fourth-order valence-electron chi connectivity index (χ4n) is 1.42. The van der Waals surface area contributed by atoms with Crippen LogP contribution in [0.3, 0.4) is 0 Å². The van der Waals surface area contributed by atoms with E-state index in [0.29, 0.717) is 18.2 Å². The van der Waals surface area contributed by atoms with Crippen LogP contribution >= 0.6 is 11.3 Å². The molecule has 2 rings (SSSR count). The van der Waals surface area contributed by atoms with Crippen molar-refractivity contribution in [3.63, 3.8) is 0 Å². The molecule has 1 aromatic heterocycles. The summed E-state index contributed by atoms with van der Waals surface area (Å²) in [6.07, 6.45) is 1.54. The first-order valence-corrected chi connectivity index (χ1v) is 7.94. The van der Waals surface area contributed by atoms with Crippen molar-refractivity contribution in [2.45, 2.75) is 4.90 Å². The van der Waals surface area contributed by atoms with Gasteiger partial charge in [0, 0.05) is 30.4 Å². The zero-order valence-corrected chi connectivity index (χ0v) is 11.7. The minimum Gasteiger partial charge on any atom is -0.384 e. The molecule has 4 N–H and O–H groups in total. The van der Waals surface area contributed by atoms with E-state index in [4.69, 9.17) is 5.73 Å². The van der Waals surface area contributed by atoms with Crippen molar-refractivity contribution < 1.29 is 8.42 Å². The summed E-state index contributed by atoms with van der Waals surface area (Å²) in [4.78, 5) is 4.08. The van der Waals surface area contributed by atoms with Gasteiger partial charge in [0.1, 0.15) is 0 Å². The van der Waals surface area contributed by atoms with E-state index < -0.39 is 10.0 Å². The summed E-state index contributed by atoms with van der Waals surface area (Å²) in [6.45, 7) is 1.16. The first-order chi connectivity index (χ1) is 9.12. The Hall–Kier alpha value is -1.64. The highest BCUT2D eigenvalue weighted by Gasteiger charge is 2.14. The van der Waals surface area contributed by atoms with Gasteiger partial charge in [-0.3, -0.25) is 4.72 Å². The lowest BCUT2D eigenvalue weighted by atomic mass is 10.3. The van der Waals surface area contributed by atoms with Gasteiger partial charge in [0.2, 0.25) is 0 Å². The third kappa shape index (κ3) is 3.66. The molecule has 1 heterocycles. The topological polar surface area (TPSA) is 97.1 Å². The van der Waals surface area contributed by atoms with Crippen LogP contribution in [0.1, 0.15) is 0 Å². The highest BCUT2D eigenvalue weighted by molar-refractivity contribution is 7.93. The highest BCUT2D eigenvalue weighted by atomic mass is 32.2. The molecule has 0 atom stereocenters. The molecule has 0 unspecified atom stereocenters. The molecule has 0 aliphatic rings. The lowest BCUT2D eigenvalue weighted by Crippen LogP contribution is -2.14. The van der Waals surface area contributed by atoms with Crippen molar-refractivity contribution in [2.75, 3.05) is 23.1 Å². The number of nitrogens with zero attached hydrogens (tertiary/aromatic N) is 1. The quantitative estimate of drug-likeness (QED) is 0.747. The molecule has 102 valence electrons. The Bertz CT molecular complexity index is 609. The predicted octanol–water partition coefficient (Wildman–Crippen LogP) is 1.31. The summed E-state index contributed by atoms with van der Waals surface area (Å²) in [7, 11) is -3.58. The van der Waals surface area contributed by atoms with E-state index >= 15 is 0 Å². The lowest BCUT2D eigenvalue weighted by Gasteiger charge is -2.07. The number of benzene rings is 1. The Morgan fingerprint density at radius 1 is 1.26 bits per heavy atom. The molecule has 0 radical (unpaired) electrons. The van der Waals surface area contributed by atoms with Crippen LogP contribution in [0.15, 0.2) is 40.7 Å². The van der Waals surface area contributed by atoms with Crippen LogP contribution in [-0.4, -0.2) is 26.5 Å². The van der Waals surface area contributed by atoms with Crippen LogP contribution in [0.2, 0.25) is 0 Å². The van der Waals surface area contributed by atoms with E-state index in [2.05, 4.69) is 15.0 Å². The number of nitrogens with two attached hydrogens (primary N) is 1. The van der Waals surface area contributed by atoms with Crippen LogP contribution in [0.4, 0.5) is 10.8 Å². The van der Waals surface area contributed by atoms with Crippen molar-refractivity contribution >= 4 is 32.2 Å². The van der Waals surface area contributed by atoms with E-state index in [9.17, 15) is 8.42 Å². The first kappa shape index (κ1) is 13.8. The second kappa shape index (κ2) is 6.00. The van der Waals surface area contributed by atoms with E-state index in [1.54, 1.807) is 23.7 Å². The first-order valence-electron chi connectivity index (χ1n) is 5.58. The number of hydrogen-bond acceptors (Lipinski definition) is 6. The zero-order valence-electron chi connectivity index (χ0n) is 10.0. The molecule has 1 aromatic carbocycles. The summed E-state index contributed by atoms with van der Waals surface area (Å²) in [5.74, 6) is 0. The number of nitrogens with one attached hydrogen (secondary N) is 2. The van der Waals surface area contributed by atoms with Gasteiger partial charge in [-0.05, 0) is 24.3 Å². The number of rotatable bonds is 6. The molecule has 8 heteroatoms. The molecule has 19 heavy (non-hydrogen) atoms. The van der Waals surface area contributed by atoms with Crippen molar-refractivity contribution in [2.24, 2.45) is 5.73 Å². The van der Waals surface area contributed by atoms with Crippen molar-refractivity contribution in [1.82, 2.24) is 4.98 Å². The van der Waals surface area contributed by atoms with E-state index in [1.807, 2.05) is 0 Å². The van der Waals surface area contributed by atoms with E-state index in [-0.39, 0.29) is 4.90 Å². The Morgan fingerprint density at radius 2 is 2.00 bits per heavy atom. The number of aromatic nitrogens is 1. The van der Waals surface area contributed by atoms with Gasteiger partial charge in [0.15, 0.2) is 5.13 Å². The number of hydrogen-bond donors (Lipinski definition) is 3. The second-order valence-electron chi connectivity index (χ2n) is 3.68.